The second kappa shape index (κ2) is 28.3. The predicted molar refractivity (Wildman–Crippen MR) is 183 cm³/mol. The third-order valence-electron chi connectivity index (χ3n) is 7.81. The first-order chi connectivity index (χ1) is 22.2. The zero-order valence-corrected chi connectivity index (χ0v) is 29.6. The number of ether oxygens (including phenoxy) is 3. The number of rotatable bonds is 31. The van der Waals surface area contributed by atoms with E-state index in [4.69, 9.17) is 24.0 Å². The van der Waals surface area contributed by atoms with Gasteiger partial charge in [-0.1, -0.05) is 121 Å². The third kappa shape index (κ3) is 27.4. The molecule has 2 N–H and O–H groups in total. The highest BCUT2D eigenvalue weighted by Crippen LogP contribution is 2.36. The molecule has 10 heteroatoms. The molecule has 0 bridgehead atoms. The molecule has 0 saturated carbocycles. The van der Waals surface area contributed by atoms with Gasteiger partial charge in [0.05, 0.1) is 18.8 Å². The molecular weight excluding hydrogens is 607 g/mol. The molecule has 1 aliphatic heterocycles. The Morgan fingerprint density at radius 3 is 1.85 bits per heavy atom. The Balaban J connectivity index is 2.17. The first kappa shape index (κ1) is 42.3. The molecule has 1 heterocycles. The number of unbranched alkanes of at least 4 members (excludes halogenated alkanes) is 13. The summed E-state index contributed by atoms with van der Waals surface area (Å²) in [6.45, 7) is 3.56. The lowest BCUT2D eigenvalue weighted by molar-refractivity contribution is -0.161. The van der Waals surface area contributed by atoms with Crippen molar-refractivity contribution in [2.24, 2.45) is 0 Å². The summed E-state index contributed by atoms with van der Waals surface area (Å²) in [5.74, 6) is -0.961. The number of allylic oxidation sites excluding steroid dienone is 4. The molecule has 0 aliphatic carbocycles. The lowest BCUT2D eigenvalue weighted by Gasteiger charge is -2.18. The standard InChI is InChI=1S/C36H63O9P/c1-3-5-7-9-11-13-15-17-19-24-28-35(37)42-30-32(31-43-46(39,40)41)44-36(38)29-25-21-20-23-27-34-33(45-34)26-22-18-16-14-12-10-8-6-4-2/h12,14,18,20,22-23,32-34H,3-11,13,15-17,19,21,24-31H2,1-2H3,(H2,39,40,41)/b14-12-,22-18-,23-20-/t32-,33?,34?/m1/s1. The highest BCUT2D eigenvalue weighted by Gasteiger charge is 2.36. The number of epoxide rings is 1. The van der Waals surface area contributed by atoms with Crippen LogP contribution < -0.4 is 0 Å². The van der Waals surface area contributed by atoms with E-state index in [-0.39, 0.29) is 31.7 Å². The maximum Gasteiger partial charge on any atom is 0.469 e. The van der Waals surface area contributed by atoms with Crippen LogP contribution in [0, 0.1) is 0 Å². The molecule has 0 spiro atoms. The number of carbonyl (C=O) groups excluding carboxylic acids is 2. The van der Waals surface area contributed by atoms with Gasteiger partial charge in [-0.25, -0.2) is 4.57 Å². The number of esters is 2. The van der Waals surface area contributed by atoms with Crippen LogP contribution in [-0.4, -0.2) is 53.3 Å². The average Bonchev–Trinajstić information content (AvgIpc) is 3.77. The Morgan fingerprint density at radius 1 is 0.674 bits per heavy atom. The molecule has 1 fully saturated rings. The predicted octanol–water partition coefficient (Wildman–Crippen LogP) is 9.22. The van der Waals surface area contributed by atoms with Crippen molar-refractivity contribution < 1.29 is 42.7 Å². The van der Waals surface area contributed by atoms with E-state index in [0.29, 0.717) is 19.3 Å². The van der Waals surface area contributed by atoms with Crippen LogP contribution in [0.1, 0.15) is 149 Å². The molecule has 0 amide bonds. The van der Waals surface area contributed by atoms with Gasteiger partial charge in [0, 0.05) is 12.8 Å². The largest absolute Gasteiger partial charge is 0.469 e. The van der Waals surface area contributed by atoms with Crippen molar-refractivity contribution in [3.8, 4) is 0 Å². The Labute approximate surface area is 278 Å². The highest BCUT2D eigenvalue weighted by molar-refractivity contribution is 7.46. The molecule has 3 atom stereocenters. The van der Waals surface area contributed by atoms with Crippen LogP contribution in [0.15, 0.2) is 36.5 Å². The van der Waals surface area contributed by atoms with Crippen LogP contribution in [0.5, 0.6) is 0 Å². The summed E-state index contributed by atoms with van der Waals surface area (Å²) in [6.07, 6.45) is 33.3. The van der Waals surface area contributed by atoms with Gasteiger partial charge in [-0.2, -0.15) is 0 Å². The molecule has 46 heavy (non-hydrogen) atoms. The van der Waals surface area contributed by atoms with Crippen LogP contribution in [0.4, 0.5) is 0 Å². The maximum absolute atomic E-state index is 12.3. The summed E-state index contributed by atoms with van der Waals surface area (Å²) in [6, 6.07) is 0. The molecule has 2 unspecified atom stereocenters. The molecule has 0 radical (unpaired) electrons. The number of carbonyl (C=O) groups is 2. The van der Waals surface area contributed by atoms with Crippen LogP contribution in [0.3, 0.4) is 0 Å². The quantitative estimate of drug-likeness (QED) is 0.0244. The van der Waals surface area contributed by atoms with Crippen molar-refractivity contribution in [1.82, 2.24) is 0 Å². The first-order valence-electron chi connectivity index (χ1n) is 17.9. The molecule has 0 aromatic carbocycles. The van der Waals surface area contributed by atoms with Crippen molar-refractivity contribution in [3.63, 3.8) is 0 Å². The zero-order chi connectivity index (χ0) is 33.7. The SMILES string of the molecule is CCCCC/C=C\C/C=C\CC1OC1C/C=C\CCCC(=O)O[C@H](COC(=O)CCCCCCCCCCCC)COP(=O)(O)O. The van der Waals surface area contributed by atoms with Gasteiger partial charge < -0.3 is 24.0 Å². The van der Waals surface area contributed by atoms with Gasteiger partial charge in [0.25, 0.3) is 0 Å². The summed E-state index contributed by atoms with van der Waals surface area (Å²) in [5.41, 5.74) is 0. The molecule has 9 nitrogen and oxygen atoms in total. The summed E-state index contributed by atoms with van der Waals surface area (Å²) >= 11 is 0. The number of phosphoric ester groups is 1. The van der Waals surface area contributed by atoms with Crippen LogP contribution >= 0.6 is 7.82 Å². The molecule has 1 saturated heterocycles. The molecule has 1 rings (SSSR count). The van der Waals surface area contributed by atoms with Gasteiger partial charge in [0.2, 0.25) is 0 Å². The Morgan fingerprint density at radius 2 is 1.20 bits per heavy atom. The summed E-state index contributed by atoms with van der Waals surface area (Å²) in [7, 11) is -4.76. The normalized spacial score (nSPS) is 17.3. The summed E-state index contributed by atoms with van der Waals surface area (Å²) in [4.78, 5) is 42.6. The molecule has 0 aromatic rings. The van der Waals surface area contributed by atoms with Gasteiger partial charge in [-0.15, -0.1) is 0 Å². The Hall–Kier alpha value is -1.77. The Kier molecular flexibility index (Phi) is 26.0. The monoisotopic (exact) mass is 670 g/mol. The van der Waals surface area contributed by atoms with Crippen molar-refractivity contribution >= 4 is 19.8 Å². The first-order valence-corrected chi connectivity index (χ1v) is 19.4. The van der Waals surface area contributed by atoms with E-state index in [0.717, 1.165) is 38.5 Å². The van der Waals surface area contributed by atoms with E-state index in [2.05, 4.69) is 48.8 Å². The van der Waals surface area contributed by atoms with Gasteiger partial charge in [0.15, 0.2) is 6.10 Å². The minimum Gasteiger partial charge on any atom is -0.462 e. The van der Waals surface area contributed by atoms with E-state index < -0.39 is 32.5 Å². The van der Waals surface area contributed by atoms with E-state index in [1.807, 2.05) is 6.08 Å². The Bertz CT molecular complexity index is 911. The lowest BCUT2D eigenvalue weighted by Crippen LogP contribution is -2.29. The minimum atomic E-state index is -4.76. The smallest absolute Gasteiger partial charge is 0.462 e. The number of hydrogen-bond acceptors (Lipinski definition) is 7. The van der Waals surface area contributed by atoms with Crippen molar-refractivity contribution in [1.29, 1.82) is 0 Å². The van der Waals surface area contributed by atoms with E-state index in [9.17, 15) is 14.2 Å². The highest BCUT2D eigenvalue weighted by atomic mass is 31.2. The van der Waals surface area contributed by atoms with Gasteiger partial charge in [-0.3, -0.25) is 14.1 Å². The summed E-state index contributed by atoms with van der Waals surface area (Å²) < 4.78 is 31.9. The van der Waals surface area contributed by atoms with E-state index >= 15 is 0 Å². The molecular formula is C36H63O9P. The van der Waals surface area contributed by atoms with Gasteiger partial charge >= 0.3 is 19.8 Å². The molecule has 266 valence electrons. The average molecular weight is 671 g/mol. The van der Waals surface area contributed by atoms with Crippen molar-refractivity contribution in [2.45, 2.75) is 167 Å². The fourth-order valence-electron chi connectivity index (χ4n) is 4.99. The topological polar surface area (TPSA) is 132 Å². The third-order valence-corrected chi connectivity index (χ3v) is 8.30. The second-order valence-corrected chi connectivity index (χ2v) is 13.5. The van der Waals surface area contributed by atoms with E-state index in [1.54, 1.807) is 0 Å². The van der Waals surface area contributed by atoms with Gasteiger partial charge in [0.1, 0.15) is 6.61 Å². The number of phosphoric acid groups is 1. The van der Waals surface area contributed by atoms with E-state index in [1.165, 1.54) is 64.2 Å². The van der Waals surface area contributed by atoms with Gasteiger partial charge in [-0.05, 0) is 51.4 Å². The van der Waals surface area contributed by atoms with Crippen LogP contribution in [0.2, 0.25) is 0 Å². The second-order valence-electron chi connectivity index (χ2n) is 12.2. The molecule has 0 aromatic heterocycles. The fraction of sp³-hybridized carbons (Fsp3) is 0.778. The van der Waals surface area contributed by atoms with Crippen molar-refractivity contribution in [3.05, 3.63) is 36.5 Å². The summed E-state index contributed by atoms with van der Waals surface area (Å²) in [5, 5.41) is 0. The minimum absolute atomic E-state index is 0.129. The van der Waals surface area contributed by atoms with Crippen molar-refractivity contribution in [2.75, 3.05) is 13.2 Å². The maximum atomic E-state index is 12.3. The number of hydrogen-bond donors (Lipinski definition) is 2. The molecule has 1 aliphatic rings. The lowest BCUT2D eigenvalue weighted by atomic mass is 10.1. The van der Waals surface area contributed by atoms with Crippen LogP contribution in [0.25, 0.3) is 0 Å². The van der Waals surface area contributed by atoms with Crippen LogP contribution in [-0.2, 0) is 32.9 Å². The zero-order valence-electron chi connectivity index (χ0n) is 28.7. The fourth-order valence-corrected chi connectivity index (χ4v) is 5.35.